The fourth-order valence-corrected chi connectivity index (χ4v) is 27.8. The van der Waals surface area contributed by atoms with Crippen LogP contribution in [0, 0.1) is 35.5 Å². The van der Waals surface area contributed by atoms with E-state index in [1.165, 1.54) is 201 Å². The van der Waals surface area contributed by atoms with Gasteiger partial charge in [-0.2, -0.15) is 0 Å². The van der Waals surface area contributed by atoms with Crippen molar-refractivity contribution in [1.82, 2.24) is 0 Å². The van der Waals surface area contributed by atoms with Gasteiger partial charge in [0.1, 0.15) is 11.2 Å². The minimum Gasteiger partial charge on any atom is -0.456 e. The molecule has 4 saturated carbocycles. The van der Waals surface area contributed by atoms with E-state index in [1.807, 2.05) is 34.0 Å². The number of hydrogen-bond acceptors (Lipinski definition) is 6. The highest BCUT2D eigenvalue weighted by Gasteiger charge is 2.58. The summed E-state index contributed by atoms with van der Waals surface area (Å²) < 4.78 is 15.0. The van der Waals surface area contributed by atoms with Gasteiger partial charge in [0, 0.05) is 122 Å². The number of furan rings is 1. The van der Waals surface area contributed by atoms with Crippen LogP contribution in [-0.2, 0) is 10.8 Å². The maximum atomic E-state index is 7.22. The second-order valence-electron chi connectivity index (χ2n) is 34.1. The normalized spacial score (nSPS) is 21.0. The fourth-order valence-electron chi connectivity index (χ4n) is 24.2. The first-order valence-corrected chi connectivity index (χ1v) is 43.8. The summed E-state index contributed by atoms with van der Waals surface area (Å²) in [6.45, 7) is 5.14. The Morgan fingerprint density at radius 3 is 1.22 bits per heavy atom. The Bertz CT molecular complexity index is 7250. The van der Waals surface area contributed by atoms with Crippen LogP contribution in [0.2, 0.25) is 0 Å². The summed E-state index contributed by atoms with van der Waals surface area (Å²) in [4.78, 5) is 5.03. The van der Waals surface area contributed by atoms with E-state index in [4.69, 9.17) is 4.42 Å². The molecule has 4 bridgehead atoms. The Labute approximate surface area is 675 Å². The third-order valence-electron chi connectivity index (χ3n) is 28.7. The van der Waals surface area contributed by atoms with Crippen LogP contribution >= 0.6 is 34.0 Å². The van der Waals surface area contributed by atoms with Gasteiger partial charge >= 0.3 is 0 Å². The second kappa shape index (κ2) is 24.9. The first-order chi connectivity index (χ1) is 56.3. The van der Waals surface area contributed by atoms with Gasteiger partial charge in [0.2, 0.25) is 0 Å². The van der Waals surface area contributed by atoms with Crippen LogP contribution in [0.25, 0.3) is 149 Å². The summed E-state index contributed by atoms with van der Waals surface area (Å²) >= 11 is 5.66. The van der Waals surface area contributed by atoms with Gasteiger partial charge in [0.25, 0.3) is 0 Å². The molecule has 8 atom stereocenters. The summed E-state index contributed by atoms with van der Waals surface area (Å²) in [7, 11) is 0. The van der Waals surface area contributed by atoms with Gasteiger partial charge in [-0.3, -0.25) is 0 Å². The molecule has 0 radical (unpaired) electrons. The van der Waals surface area contributed by atoms with E-state index in [9.17, 15) is 0 Å². The van der Waals surface area contributed by atoms with Gasteiger partial charge in [0.15, 0.2) is 0 Å². The highest BCUT2D eigenvalue weighted by molar-refractivity contribution is 7.27. The van der Waals surface area contributed by atoms with Gasteiger partial charge < -0.3 is 14.2 Å². The molecule has 114 heavy (non-hydrogen) atoms. The third kappa shape index (κ3) is 9.36. The van der Waals surface area contributed by atoms with E-state index in [-0.39, 0.29) is 10.8 Å². The predicted molar refractivity (Wildman–Crippen MR) is 485 cm³/mol. The first kappa shape index (κ1) is 65.9. The van der Waals surface area contributed by atoms with Crippen LogP contribution in [-0.4, -0.2) is 0 Å². The van der Waals surface area contributed by atoms with Gasteiger partial charge in [-0.05, 0) is 272 Å². The Morgan fingerprint density at radius 1 is 0.272 bits per heavy atom. The van der Waals surface area contributed by atoms with Crippen LogP contribution in [0.15, 0.2) is 320 Å². The molecule has 19 aromatic rings. The molecule has 6 heteroatoms. The summed E-state index contributed by atoms with van der Waals surface area (Å²) in [6, 6.07) is 121. The quantitative estimate of drug-likeness (QED) is 0.136. The number of fused-ring (bicyclic) bond motifs is 29. The van der Waals surface area contributed by atoms with Gasteiger partial charge in [-0.1, -0.05) is 227 Å². The molecule has 546 valence electrons. The standard InChI is InChI=1S/C108H80N2OS3/c1-63-55-65-33-39-69(57-65)107(63)92-27-11-7-21-81(92)90-59-73(47-52-94(90)107)109(71-41-35-67(36-42-71)77-17-3-5-19-79(77)84-25-15-31-100-103(84)88-23-9-13-29-98(88)112-100)75-46-50-87-97(61-75)111-96-54-51-86-83-49-45-76(62-102(83)114-106(86)105(87)96)110(74-48-53-95-91(60-74)82-22-8-12-28-93(82)108(95)64(2)56-66-34-40-70(108)58-66)72-43-37-68(38-44-72)78-18-4-6-20-80(78)85-26-16-32-101-104(85)89-24-10-14-30-99(89)113-101/h3-32,35-38,41-54,59-66,69-70H,33-34,39-40,55-58H2,1-2H3/t63-,64+,65?,66?,69?,70?,107?,108?/m1/s1. The molecule has 0 N–H and O–H groups in total. The highest BCUT2D eigenvalue weighted by Crippen LogP contribution is 2.68. The highest BCUT2D eigenvalue weighted by atomic mass is 32.1. The molecular formula is C108H80N2OS3. The lowest BCUT2D eigenvalue weighted by atomic mass is 9.56. The Morgan fingerprint density at radius 2 is 0.684 bits per heavy atom. The van der Waals surface area contributed by atoms with E-state index in [0.29, 0.717) is 23.7 Å². The molecule has 0 saturated heterocycles. The van der Waals surface area contributed by atoms with Crippen molar-refractivity contribution in [1.29, 1.82) is 0 Å². The zero-order chi connectivity index (χ0) is 74.8. The van der Waals surface area contributed by atoms with Crippen LogP contribution in [0.4, 0.5) is 34.1 Å². The van der Waals surface area contributed by atoms with Crippen LogP contribution in [0.3, 0.4) is 0 Å². The summed E-state index contributed by atoms with van der Waals surface area (Å²) in [5.41, 5.74) is 30.1. The minimum atomic E-state index is 0.0218. The zero-order valence-corrected chi connectivity index (χ0v) is 66.1. The van der Waals surface area contributed by atoms with Crippen molar-refractivity contribution in [2.75, 3.05) is 9.80 Å². The average Bonchev–Trinajstić information content (AvgIpc) is 1.53. The lowest BCUT2D eigenvalue weighted by Gasteiger charge is -2.47. The maximum absolute atomic E-state index is 7.22. The topological polar surface area (TPSA) is 19.6 Å². The zero-order valence-electron chi connectivity index (χ0n) is 63.7. The minimum absolute atomic E-state index is 0.0218. The van der Waals surface area contributed by atoms with Crippen molar-refractivity contribution in [3.8, 4) is 66.8 Å². The number of rotatable bonds is 10. The number of nitrogens with zero attached hydrogens (tertiary/aromatic N) is 2. The Balaban J connectivity index is 0.622. The Hall–Kier alpha value is -11.6. The third-order valence-corrected chi connectivity index (χ3v) is 32.2. The first-order valence-electron chi connectivity index (χ1n) is 41.4. The largest absolute Gasteiger partial charge is 0.456 e. The predicted octanol–water partition coefficient (Wildman–Crippen LogP) is 31.7. The monoisotopic (exact) mass is 1520 g/mol. The molecule has 6 aliphatic carbocycles. The molecule has 25 rings (SSSR count). The lowest BCUT2D eigenvalue weighted by Crippen LogP contribution is -2.43. The van der Waals surface area contributed by atoms with Crippen molar-refractivity contribution in [3.05, 3.63) is 338 Å². The van der Waals surface area contributed by atoms with Gasteiger partial charge in [-0.25, -0.2) is 0 Å². The average molecular weight is 1520 g/mol. The molecule has 4 aromatic heterocycles. The van der Waals surface area contributed by atoms with Crippen molar-refractivity contribution < 1.29 is 4.42 Å². The molecule has 6 unspecified atom stereocenters. The van der Waals surface area contributed by atoms with Crippen LogP contribution < -0.4 is 9.80 Å². The summed E-state index contributed by atoms with van der Waals surface area (Å²) in [6.07, 6.45) is 10.6. The number of benzene rings is 15. The Kier molecular flexibility index (Phi) is 14.4. The van der Waals surface area contributed by atoms with Crippen LogP contribution in [0.1, 0.15) is 87.5 Å². The summed E-state index contributed by atoms with van der Waals surface area (Å²) in [5, 5.41) is 10.1. The second-order valence-corrected chi connectivity index (χ2v) is 37.3. The molecule has 4 fully saturated rings. The fraction of sp³-hybridized carbons (Fsp3) is 0.167. The lowest BCUT2D eigenvalue weighted by molar-refractivity contribution is 0.162. The van der Waals surface area contributed by atoms with Gasteiger partial charge in [-0.15, -0.1) is 34.0 Å². The number of thiophene rings is 3. The molecular weight excluding hydrogens is 1440 g/mol. The van der Waals surface area contributed by atoms with Crippen molar-refractivity contribution in [3.63, 3.8) is 0 Å². The van der Waals surface area contributed by atoms with Crippen molar-refractivity contribution in [2.45, 2.75) is 76.0 Å². The molecule has 0 amide bonds. The molecule has 2 spiro atoms. The SMILES string of the molecule is C[C@@H]1CC2CCC(C2)C12c1ccccc1-c1cc(N(c3ccc(-c4ccccc4-c4cccc5sc6ccccc6c45)cc3)c3ccc4c(c3)oc3ccc5c6ccc(N(c7ccc(-c8ccccc8-c8cccc9sc%10ccccc%10c89)cc7)c7ccc8c(c7)-c7ccccc7C87C8CCC(C8)C[C@@H]7C)cc6sc5c34)ccc12. The van der Waals surface area contributed by atoms with Crippen molar-refractivity contribution in [2.24, 2.45) is 35.5 Å². The van der Waals surface area contributed by atoms with E-state index in [1.54, 1.807) is 11.1 Å². The van der Waals surface area contributed by atoms with E-state index >= 15 is 0 Å². The molecule has 4 heterocycles. The van der Waals surface area contributed by atoms with Crippen molar-refractivity contribution >= 4 is 151 Å². The maximum Gasteiger partial charge on any atom is 0.137 e. The van der Waals surface area contributed by atoms with Gasteiger partial charge in [0.05, 0.1) is 0 Å². The molecule has 0 aliphatic heterocycles. The molecule has 15 aromatic carbocycles. The molecule has 3 nitrogen and oxygen atoms in total. The summed E-state index contributed by atoms with van der Waals surface area (Å²) in [5.74, 6) is 4.13. The molecule has 6 aliphatic rings. The smallest absolute Gasteiger partial charge is 0.137 e. The van der Waals surface area contributed by atoms with E-state index < -0.39 is 0 Å². The van der Waals surface area contributed by atoms with Crippen LogP contribution in [0.5, 0.6) is 0 Å². The number of anilines is 6. The number of hydrogen-bond donors (Lipinski definition) is 0. The van der Waals surface area contributed by atoms with E-state index in [2.05, 4.69) is 339 Å². The van der Waals surface area contributed by atoms with E-state index in [0.717, 1.165) is 56.8 Å².